The van der Waals surface area contributed by atoms with E-state index in [1.165, 1.54) is 10.9 Å². The molecule has 0 aliphatic carbocycles. The number of aryl methyl sites for hydroxylation is 1. The maximum absolute atomic E-state index is 12.9. The molecular formula is C24H18BrClN4O3. The lowest BCUT2D eigenvalue weighted by atomic mass is 10.2. The van der Waals surface area contributed by atoms with Crippen LogP contribution in [0, 0.1) is 6.92 Å². The summed E-state index contributed by atoms with van der Waals surface area (Å²) in [6.45, 7) is 1.52. The van der Waals surface area contributed by atoms with Crippen molar-refractivity contribution in [3.05, 3.63) is 98.0 Å². The summed E-state index contributed by atoms with van der Waals surface area (Å²) in [4.78, 5) is 29.6. The van der Waals surface area contributed by atoms with Gasteiger partial charge in [0.25, 0.3) is 11.5 Å². The highest BCUT2D eigenvalue weighted by Crippen LogP contribution is 2.18. The Labute approximate surface area is 202 Å². The topological polar surface area (TPSA) is 85.6 Å². The van der Waals surface area contributed by atoms with Gasteiger partial charge in [-0.1, -0.05) is 39.7 Å². The molecule has 1 aromatic heterocycles. The van der Waals surface area contributed by atoms with E-state index in [0.717, 1.165) is 4.47 Å². The van der Waals surface area contributed by atoms with Gasteiger partial charge in [0.2, 0.25) is 0 Å². The molecule has 1 amide bonds. The van der Waals surface area contributed by atoms with Crippen LogP contribution in [0.5, 0.6) is 5.75 Å². The summed E-state index contributed by atoms with van der Waals surface area (Å²) in [7, 11) is 0. The third-order valence-electron chi connectivity index (χ3n) is 4.69. The van der Waals surface area contributed by atoms with Crippen molar-refractivity contribution >= 4 is 56.2 Å². The van der Waals surface area contributed by atoms with Crippen LogP contribution in [-0.4, -0.2) is 28.4 Å². The van der Waals surface area contributed by atoms with Crippen molar-refractivity contribution in [3.8, 4) is 5.75 Å². The number of nitrogens with one attached hydrogen (secondary N) is 1. The highest BCUT2D eigenvalue weighted by atomic mass is 79.9. The van der Waals surface area contributed by atoms with Crippen molar-refractivity contribution in [1.82, 2.24) is 9.66 Å². The van der Waals surface area contributed by atoms with Gasteiger partial charge in [0, 0.05) is 20.7 Å². The number of halogens is 2. The van der Waals surface area contributed by atoms with Crippen molar-refractivity contribution in [1.29, 1.82) is 0 Å². The Morgan fingerprint density at radius 3 is 2.73 bits per heavy atom. The fraction of sp³-hybridized carbons (Fsp3) is 0.0833. The molecule has 9 heteroatoms. The molecule has 1 N–H and O–H groups in total. The van der Waals surface area contributed by atoms with Gasteiger partial charge in [-0.2, -0.15) is 9.78 Å². The van der Waals surface area contributed by atoms with Gasteiger partial charge in [0.15, 0.2) is 6.61 Å². The second-order valence-corrected chi connectivity index (χ2v) is 8.42. The van der Waals surface area contributed by atoms with E-state index >= 15 is 0 Å². The summed E-state index contributed by atoms with van der Waals surface area (Å²) >= 11 is 9.24. The van der Waals surface area contributed by atoms with Crippen LogP contribution >= 0.6 is 27.5 Å². The number of ether oxygens (including phenoxy) is 1. The van der Waals surface area contributed by atoms with Gasteiger partial charge in [0.1, 0.15) is 11.6 Å². The predicted octanol–water partition coefficient (Wildman–Crippen LogP) is 5.02. The van der Waals surface area contributed by atoms with E-state index in [-0.39, 0.29) is 18.1 Å². The molecule has 0 aliphatic heterocycles. The highest BCUT2D eigenvalue weighted by molar-refractivity contribution is 9.10. The zero-order valence-electron chi connectivity index (χ0n) is 17.5. The molecule has 0 radical (unpaired) electrons. The molecule has 0 unspecified atom stereocenters. The lowest BCUT2D eigenvalue weighted by molar-refractivity contribution is -0.118. The smallest absolute Gasteiger partial charge is 0.282 e. The van der Waals surface area contributed by atoms with Gasteiger partial charge >= 0.3 is 0 Å². The number of anilines is 1. The first-order valence-electron chi connectivity index (χ1n) is 9.91. The number of hydrogen-bond donors (Lipinski definition) is 1. The van der Waals surface area contributed by atoms with Crippen molar-refractivity contribution in [2.75, 3.05) is 11.9 Å². The van der Waals surface area contributed by atoms with Crippen LogP contribution in [0.4, 0.5) is 5.69 Å². The van der Waals surface area contributed by atoms with Crippen molar-refractivity contribution < 1.29 is 9.53 Å². The molecule has 4 rings (SSSR count). The lowest BCUT2D eigenvalue weighted by Crippen LogP contribution is -2.21. The maximum Gasteiger partial charge on any atom is 0.282 e. The van der Waals surface area contributed by atoms with Gasteiger partial charge in [-0.3, -0.25) is 9.59 Å². The van der Waals surface area contributed by atoms with Crippen LogP contribution in [0.15, 0.2) is 81.1 Å². The van der Waals surface area contributed by atoms with E-state index < -0.39 is 0 Å². The van der Waals surface area contributed by atoms with Crippen molar-refractivity contribution in [2.24, 2.45) is 5.10 Å². The Balaban J connectivity index is 1.52. The van der Waals surface area contributed by atoms with E-state index in [1.807, 2.05) is 12.1 Å². The second-order valence-electron chi connectivity index (χ2n) is 7.06. The van der Waals surface area contributed by atoms with Crippen LogP contribution in [0.1, 0.15) is 11.4 Å². The average Bonchev–Trinajstić information content (AvgIpc) is 2.80. The third-order valence-corrected chi connectivity index (χ3v) is 5.43. The van der Waals surface area contributed by atoms with Crippen LogP contribution in [-0.2, 0) is 4.79 Å². The molecule has 0 saturated heterocycles. The first-order valence-corrected chi connectivity index (χ1v) is 11.1. The van der Waals surface area contributed by atoms with Gasteiger partial charge in [-0.15, -0.1) is 0 Å². The van der Waals surface area contributed by atoms with E-state index in [2.05, 4.69) is 31.3 Å². The molecule has 3 aromatic carbocycles. The minimum absolute atomic E-state index is 0.196. The number of rotatable bonds is 6. The number of carbonyl (C=O) groups excluding carboxylic acids is 1. The molecule has 0 fully saturated rings. The van der Waals surface area contributed by atoms with Gasteiger partial charge in [-0.05, 0) is 61.5 Å². The van der Waals surface area contributed by atoms with Gasteiger partial charge in [0.05, 0.1) is 17.1 Å². The maximum atomic E-state index is 12.9. The largest absolute Gasteiger partial charge is 0.483 e. The summed E-state index contributed by atoms with van der Waals surface area (Å²) in [5.41, 5.74) is 1.55. The van der Waals surface area contributed by atoms with Crippen LogP contribution in [0.3, 0.4) is 0 Å². The summed E-state index contributed by atoms with van der Waals surface area (Å²) in [5.74, 6) is 0.585. The minimum atomic E-state index is -0.319. The van der Waals surface area contributed by atoms with Gasteiger partial charge < -0.3 is 10.1 Å². The number of amides is 1. The number of fused-ring (bicyclic) bond motifs is 1. The second kappa shape index (κ2) is 9.97. The number of carbonyl (C=O) groups is 1. The summed E-state index contributed by atoms with van der Waals surface area (Å²) in [5, 5.41) is 8.11. The Hall–Kier alpha value is -3.49. The first kappa shape index (κ1) is 22.7. The Morgan fingerprint density at radius 1 is 1.18 bits per heavy atom. The van der Waals surface area contributed by atoms with Crippen molar-refractivity contribution in [2.45, 2.75) is 6.92 Å². The van der Waals surface area contributed by atoms with Crippen LogP contribution < -0.4 is 15.6 Å². The Bertz CT molecular complexity index is 1420. The Morgan fingerprint density at radius 2 is 1.94 bits per heavy atom. The third kappa shape index (κ3) is 5.47. The quantitative estimate of drug-likeness (QED) is 0.358. The summed E-state index contributed by atoms with van der Waals surface area (Å²) in [6, 6.07) is 19.2. The zero-order valence-corrected chi connectivity index (χ0v) is 19.8. The molecule has 1 heterocycles. The van der Waals surface area contributed by atoms with E-state index in [0.29, 0.717) is 38.8 Å². The number of hydrogen-bond acceptors (Lipinski definition) is 5. The van der Waals surface area contributed by atoms with E-state index in [4.69, 9.17) is 16.3 Å². The first-order chi connectivity index (χ1) is 15.9. The van der Waals surface area contributed by atoms with E-state index in [9.17, 15) is 9.59 Å². The molecule has 0 spiro atoms. The number of benzene rings is 3. The Kier molecular flexibility index (Phi) is 6.86. The van der Waals surface area contributed by atoms with Crippen LogP contribution in [0.2, 0.25) is 5.02 Å². The molecule has 0 atom stereocenters. The monoisotopic (exact) mass is 524 g/mol. The number of aromatic nitrogens is 2. The normalized spacial score (nSPS) is 11.1. The SMILES string of the molecule is Cc1nc2ccc(Br)cc2c(=O)n1N=Cc1ccccc1OCC(=O)Nc1ccc(Cl)cc1. The standard InChI is InChI=1S/C24H18BrClN4O3/c1-15-28-21-11-6-17(25)12-20(21)24(32)30(15)27-13-16-4-2-3-5-22(16)33-14-23(31)29-19-9-7-18(26)8-10-19/h2-13H,14H2,1H3,(H,29,31). The fourth-order valence-electron chi connectivity index (χ4n) is 3.11. The van der Waals surface area contributed by atoms with Crippen molar-refractivity contribution in [3.63, 3.8) is 0 Å². The number of para-hydroxylation sites is 1. The fourth-order valence-corrected chi connectivity index (χ4v) is 3.60. The average molecular weight is 526 g/mol. The zero-order chi connectivity index (χ0) is 23.4. The lowest BCUT2D eigenvalue weighted by Gasteiger charge is -2.10. The highest BCUT2D eigenvalue weighted by Gasteiger charge is 2.09. The molecule has 166 valence electrons. The molecule has 0 saturated carbocycles. The molecule has 7 nitrogen and oxygen atoms in total. The van der Waals surface area contributed by atoms with Crippen LogP contribution in [0.25, 0.3) is 10.9 Å². The number of nitrogens with zero attached hydrogens (tertiary/aromatic N) is 3. The summed E-state index contributed by atoms with van der Waals surface area (Å²) in [6.07, 6.45) is 1.51. The van der Waals surface area contributed by atoms with E-state index in [1.54, 1.807) is 61.5 Å². The molecule has 33 heavy (non-hydrogen) atoms. The minimum Gasteiger partial charge on any atom is -0.483 e. The molecular weight excluding hydrogens is 508 g/mol. The summed E-state index contributed by atoms with van der Waals surface area (Å²) < 4.78 is 7.71. The molecule has 4 aromatic rings. The molecule has 0 bridgehead atoms. The molecule has 0 aliphatic rings. The van der Waals surface area contributed by atoms with Gasteiger partial charge in [-0.25, -0.2) is 4.98 Å². The predicted molar refractivity (Wildman–Crippen MR) is 133 cm³/mol.